The molecule has 0 radical (unpaired) electrons. The van der Waals surface area contributed by atoms with Crippen molar-refractivity contribution in [1.29, 1.82) is 0 Å². The summed E-state index contributed by atoms with van der Waals surface area (Å²) in [5.41, 5.74) is 0. The highest BCUT2D eigenvalue weighted by atomic mass is 16.2. The van der Waals surface area contributed by atoms with Crippen LogP contribution in [-0.2, 0) is 4.79 Å². The van der Waals surface area contributed by atoms with E-state index in [1.165, 1.54) is 0 Å². The second-order valence-electron chi connectivity index (χ2n) is 5.68. The summed E-state index contributed by atoms with van der Waals surface area (Å²) in [5.74, 6) is 1.40. The van der Waals surface area contributed by atoms with E-state index < -0.39 is 0 Å². The highest BCUT2D eigenvalue weighted by molar-refractivity contribution is 5.82. The first-order chi connectivity index (χ1) is 7.50. The van der Waals surface area contributed by atoms with Gasteiger partial charge in [-0.2, -0.15) is 0 Å². The van der Waals surface area contributed by atoms with Gasteiger partial charge in [0.25, 0.3) is 0 Å². The van der Waals surface area contributed by atoms with Gasteiger partial charge in [-0.25, -0.2) is 0 Å². The van der Waals surface area contributed by atoms with Gasteiger partial charge in [-0.3, -0.25) is 4.79 Å². The van der Waals surface area contributed by atoms with Gasteiger partial charge in [0.05, 0.1) is 6.04 Å². The third-order valence-electron chi connectivity index (χ3n) is 2.84. The van der Waals surface area contributed by atoms with Gasteiger partial charge in [-0.05, 0) is 31.2 Å². The first-order valence-corrected chi connectivity index (χ1v) is 6.53. The van der Waals surface area contributed by atoms with Crippen LogP contribution in [-0.4, -0.2) is 36.5 Å². The lowest BCUT2D eigenvalue weighted by Crippen LogP contribution is -2.46. The van der Waals surface area contributed by atoms with E-state index in [1.54, 1.807) is 0 Å². The van der Waals surface area contributed by atoms with Gasteiger partial charge in [0.1, 0.15) is 0 Å². The molecular weight excluding hydrogens is 200 g/mol. The molecule has 1 N–H and O–H groups in total. The Morgan fingerprint density at radius 1 is 1.25 bits per heavy atom. The monoisotopic (exact) mass is 226 g/mol. The van der Waals surface area contributed by atoms with Gasteiger partial charge in [-0.15, -0.1) is 0 Å². The van der Waals surface area contributed by atoms with Crippen molar-refractivity contribution >= 4 is 5.91 Å². The highest BCUT2D eigenvalue weighted by Crippen LogP contribution is 2.12. The zero-order chi connectivity index (χ0) is 12.1. The van der Waals surface area contributed by atoms with Crippen molar-refractivity contribution in [3.63, 3.8) is 0 Å². The number of nitrogens with one attached hydrogen (secondary N) is 1. The topological polar surface area (TPSA) is 32.3 Å². The fraction of sp³-hybridized carbons (Fsp3) is 0.923. The summed E-state index contributed by atoms with van der Waals surface area (Å²) in [5, 5.41) is 3.29. The Bertz CT molecular complexity index is 210. The Morgan fingerprint density at radius 2 is 1.81 bits per heavy atom. The molecule has 1 atom stereocenters. The minimum Gasteiger partial charge on any atom is -0.341 e. The van der Waals surface area contributed by atoms with Crippen LogP contribution < -0.4 is 5.32 Å². The van der Waals surface area contributed by atoms with E-state index in [2.05, 4.69) is 33.0 Å². The van der Waals surface area contributed by atoms with E-state index in [0.717, 1.165) is 32.5 Å². The molecule has 3 nitrogen and oxygen atoms in total. The lowest BCUT2D eigenvalue weighted by molar-refractivity contribution is -0.134. The molecule has 0 aromatic heterocycles. The number of amides is 1. The van der Waals surface area contributed by atoms with E-state index in [0.29, 0.717) is 17.7 Å². The molecule has 1 rings (SSSR count). The third-order valence-corrected chi connectivity index (χ3v) is 2.84. The number of hydrogen-bond acceptors (Lipinski definition) is 2. The second-order valence-corrected chi connectivity index (χ2v) is 5.68. The van der Waals surface area contributed by atoms with Crippen LogP contribution in [0.4, 0.5) is 0 Å². The Balaban J connectivity index is 2.55. The molecule has 1 amide bonds. The van der Waals surface area contributed by atoms with Crippen molar-refractivity contribution < 1.29 is 4.79 Å². The van der Waals surface area contributed by atoms with E-state index in [4.69, 9.17) is 0 Å². The molecule has 16 heavy (non-hydrogen) atoms. The zero-order valence-electron chi connectivity index (χ0n) is 11.1. The molecule has 1 aliphatic heterocycles. The van der Waals surface area contributed by atoms with Crippen molar-refractivity contribution in [2.75, 3.05) is 19.6 Å². The van der Waals surface area contributed by atoms with E-state index >= 15 is 0 Å². The highest BCUT2D eigenvalue weighted by Gasteiger charge is 2.27. The lowest BCUT2D eigenvalue weighted by Gasteiger charge is -2.28. The molecule has 0 spiro atoms. The molecule has 3 heteroatoms. The Morgan fingerprint density at radius 3 is 2.19 bits per heavy atom. The Hall–Kier alpha value is -0.570. The van der Waals surface area contributed by atoms with E-state index in [1.807, 2.05) is 4.90 Å². The second kappa shape index (κ2) is 6.24. The fourth-order valence-electron chi connectivity index (χ4n) is 2.25. The van der Waals surface area contributed by atoms with Crippen molar-refractivity contribution in [1.82, 2.24) is 10.2 Å². The standard InChI is InChI=1S/C13H26N2O/c1-10(2)8-15(9-11(3)4)13(16)12-6-5-7-14-12/h10-12,14H,5-9H2,1-4H3. The van der Waals surface area contributed by atoms with Gasteiger partial charge < -0.3 is 10.2 Å². The molecule has 0 bridgehead atoms. The average molecular weight is 226 g/mol. The quantitative estimate of drug-likeness (QED) is 0.776. The minimum absolute atomic E-state index is 0.0810. The summed E-state index contributed by atoms with van der Waals surface area (Å²) in [6, 6.07) is 0.0810. The van der Waals surface area contributed by atoms with Gasteiger partial charge in [-0.1, -0.05) is 27.7 Å². The van der Waals surface area contributed by atoms with Crippen molar-refractivity contribution in [3.05, 3.63) is 0 Å². The number of carbonyl (C=O) groups excluding carboxylic acids is 1. The molecule has 1 saturated heterocycles. The maximum absolute atomic E-state index is 12.3. The van der Waals surface area contributed by atoms with Crippen LogP contribution >= 0.6 is 0 Å². The number of carbonyl (C=O) groups is 1. The molecule has 1 heterocycles. The molecule has 1 aliphatic rings. The van der Waals surface area contributed by atoms with Crippen LogP contribution in [0.3, 0.4) is 0 Å². The number of hydrogen-bond donors (Lipinski definition) is 1. The van der Waals surface area contributed by atoms with Crippen molar-refractivity contribution in [2.45, 2.75) is 46.6 Å². The Kier molecular flexibility index (Phi) is 5.26. The van der Waals surface area contributed by atoms with Gasteiger partial charge in [0.2, 0.25) is 5.91 Å². The largest absolute Gasteiger partial charge is 0.341 e. The summed E-state index contributed by atoms with van der Waals surface area (Å²) in [4.78, 5) is 14.3. The minimum atomic E-state index is 0.0810. The van der Waals surface area contributed by atoms with Crippen LogP contribution in [0.5, 0.6) is 0 Å². The Labute approximate surface area is 99.6 Å². The van der Waals surface area contributed by atoms with Crippen LogP contribution in [0.1, 0.15) is 40.5 Å². The third kappa shape index (κ3) is 4.12. The maximum Gasteiger partial charge on any atom is 0.239 e. The van der Waals surface area contributed by atoms with Crippen molar-refractivity contribution in [3.8, 4) is 0 Å². The van der Waals surface area contributed by atoms with Gasteiger partial charge in [0.15, 0.2) is 0 Å². The lowest BCUT2D eigenvalue weighted by atomic mass is 10.1. The van der Waals surface area contributed by atoms with Crippen LogP contribution in [0.15, 0.2) is 0 Å². The SMILES string of the molecule is CC(C)CN(CC(C)C)C(=O)C1CCCN1. The van der Waals surface area contributed by atoms with Crippen molar-refractivity contribution in [2.24, 2.45) is 11.8 Å². The van der Waals surface area contributed by atoms with Crippen LogP contribution in [0.2, 0.25) is 0 Å². The molecule has 0 aromatic rings. The summed E-state index contributed by atoms with van der Waals surface area (Å²) < 4.78 is 0. The first-order valence-electron chi connectivity index (χ1n) is 6.53. The van der Waals surface area contributed by atoms with Crippen LogP contribution in [0.25, 0.3) is 0 Å². The molecular formula is C13H26N2O. The molecule has 1 fully saturated rings. The fourth-order valence-corrected chi connectivity index (χ4v) is 2.25. The van der Waals surface area contributed by atoms with Gasteiger partial charge >= 0.3 is 0 Å². The molecule has 0 aromatic carbocycles. The molecule has 1 unspecified atom stereocenters. The van der Waals surface area contributed by atoms with E-state index in [-0.39, 0.29) is 6.04 Å². The number of nitrogens with zero attached hydrogens (tertiary/aromatic N) is 1. The zero-order valence-corrected chi connectivity index (χ0v) is 11.1. The normalized spacial score (nSPS) is 20.8. The predicted octanol–water partition coefficient (Wildman–Crippen LogP) is 1.88. The predicted molar refractivity (Wildman–Crippen MR) is 67.3 cm³/mol. The first kappa shape index (κ1) is 13.5. The maximum atomic E-state index is 12.3. The summed E-state index contributed by atoms with van der Waals surface area (Å²) in [6.45, 7) is 11.4. The molecule has 94 valence electrons. The molecule has 0 saturated carbocycles. The average Bonchev–Trinajstić information content (AvgIpc) is 2.66. The number of rotatable bonds is 5. The summed E-state index contributed by atoms with van der Waals surface area (Å²) in [7, 11) is 0. The van der Waals surface area contributed by atoms with E-state index in [9.17, 15) is 4.79 Å². The van der Waals surface area contributed by atoms with Gasteiger partial charge in [0, 0.05) is 13.1 Å². The summed E-state index contributed by atoms with van der Waals surface area (Å²) in [6.07, 6.45) is 2.14. The molecule has 0 aliphatic carbocycles. The summed E-state index contributed by atoms with van der Waals surface area (Å²) >= 11 is 0. The smallest absolute Gasteiger partial charge is 0.239 e. The van der Waals surface area contributed by atoms with Crippen LogP contribution in [0, 0.1) is 11.8 Å².